The van der Waals surface area contributed by atoms with Crippen LogP contribution in [0.25, 0.3) is 0 Å². The number of ketones is 1. The van der Waals surface area contributed by atoms with Crippen LogP contribution in [0, 0.1) is 5.92 Å². The average Bonchev–Trinajstić information content (AvgIpc) is 2.46. The minimum atomic E-state index is -0.0712. The van der Waals surface area contributed by atoms with E-state index in [0.717, 1.165) is 11.3 Å². The molecule has 0 fully saturated rings. The maximum Gasteiger partial charge on any atom is 0.167 e. The largest absolute Gasteiger partial charge is 0.384 e. The van der Waals surface area contributed by atoms with Crippen molar-refractivity contribution in [3.63, 3.8) is 0 Å². The third-order valence-corrected chi connectivity index (χ3v) is 3.21. The normalized spacial score (nSPS) is 11.9. The van der Waals surface area contributed by atoms with Crippen molar-refractivity contribution in [1.29, 1.82) is 0 Å². The van der Waals surface area contributed by atoms with Gasteiger partial charge in [-0.1, -0.05) is 48.9 Å². The first-order valence-corrected chi connectivity index (χ1v) is 6.63. The quantitative estimate of drug-likeness (QED) is 0.824. The molecular weight excluding hydrogens is 258 g/mol. The van der Waals surface area contributed by atoms with E-state index >= 15 is 0 Å². The molecule has 2 aromatic rings. The van der Waals surface area contributed by atoms with Crippen LogP contribution in [0.3, 0.4) is 0 Å². The van der Waals surface area contributed by atoms with E-state index in [9.17, 15) is 4.79 Å². The summed E-state index contributed by atoms with van der Waals surface area (Å²) >= 11 is 5.82. The molecule has 0 aliphatic heterocycles. The number of hydrogen-bond acceptors (Lipinski definition) is 2. The molecule has 0 spiro atoms. The van der Waals surface area contributed by atoms with Gasteiger partial charge in [-0.25, -0.2) is 0 Å². The smallest absolute Gasteiger partial charge is 0.167 e. The predicted molar refractivity (Wildman–Crippen MR) is 79.9 cm³/mol. The fourth-order valence-corrected chi connectivity index (χ4v) is 1.94. The van der Waals surface area contributed by atoms with E-state index < -0.39 is 0 Å². The second-order valence-electron chi connectivity index (χ2n) is 4.52. The number of carbonyl (C=O) groups is 1. The maximum absolute atomic E-state index is 12.2. The summed E-state index contributed by atoms with van der Waals surface area (Å²) in [7, 11) is 0. The number of rotatable bonds is 5. The van der Waals surface area contributed by atoms with Gasteiger partial charge in [0.2, 0.25) is 0 Å². The molecule has 98 valence electrons. The number of hydrogen-bond donors (Lipinski definition) is 1. The monoisotopic (exact) mass is 273 g/mol. The summed E-state index contributed by atoms with van der Waals surface area (Å²) in [6, 6.07) is 16.8. The van der Waals surface area contributed by atoms with Crippen molar-refractivity contribution >= 4 is 23.1 Å². The first-order chi connectivity index (χ1) is 9.16. The Morgan fingerprint density at radius 3 is 2.37 bits per heavy atom. The van der Waals surface area contributed by atoms with E-state index in [-0.39, 0.29) is 11.7 Å². The fourth-order valence-electron chi connectivity index (χ4n) is 1.82. The highest BCUT2D eigenvalue weighted by molar-refractivity contribution is 6.30. The van der Waals surface area contributed by atoms with Gasteiger partial charge < -0.3 is 5.32 Å². The van der Waals surface area contributed by atoms with Crippen LogP contribution in [0.4, 0.5) is 5.69 Å². The van der Waals surface area contributed by atoms with Gasteiger partial charge >= 0.3 is 0 Å². The van der Waals surface area contributed by atoms with Crippen molar-refractivity contribution in [1.82, 2.24) is 0 Å². The van der Waals surface area contributed by atoms with Gasteiger partial charge in [0.25, 0.3) is 0 Å². The number of carbonyl (C=O) groups excluding carboxylic acids is 1. The van der Waals surface area contributed by atoms with Gasteiger partial charge in [0.15, 0.2) is 5.78 Å². The van der Waals surface area contributed by atoms with Crippen LogP contribution in [0.1, 0.15) is 17.3 Å². The Kier molecular flexibility index (Phi) is 4.58. The average molecular weight is 274 g/mol. The van der Waals surface area contributed by atoms with E-state index in [1.54, 1.807) is 0 Å². The fraction of sp³-hybridized carbons (Fsp3) is 0.188. The zero-order chi connectivity index (χ0) is 13.7. The van der Waals surface area contributed by atoms with Gasteiger partial charge in [0.1, 0.15) is 0 Å². The van der Waals surface area contributed by atoms with Gasteiger partial charge in [-0.2, -0.15) is 0 Å². The van der Waals surface area contributed by atoms with Crippen LogP contribution in [-0.2, 0) is 0 Å². The highest BCUT2D eigenvalue weighted by Gasteiger charge is 2.14. The van der Waals surface area contributed by atoms with E-state index in [4.69, 9.17) is 11.6 Å². The Bertz CT molecular complexity index is 536. The predicted octanol–water partition coefficient (Wildman–Crippen LogP) is 4.27. The molecule has 0 aromatic heterocycles. The molecule has 19 heavy (non-hydrogen) atoms. The van der Waals surface area contributed by atoms with E-state index in [2.05, 4.69) is 5.32 Å². The molecule has 0 heterocycles. The molecular formula is C16H16ClNO. The highest BCUT2D eigenvalue weighted by atomic mass is 35.5. The second kappa shape index (κ2) is 6.39. The zero-order valence-electron chi connectivity index (χ0n) is 10.8. The van der Waals surface area contributed by atoms with Crippen LogP contribution in [-0.4, -0.2) is 12.3 Å². The summed E-state index contributed by atoms with van der Waals surface area (Å²) in [5.74, 6) is 0.0835. The summed E-state index contributed by atoms with van der Waals surface area (Å²) in [5, 5.41) is 3.95. The van der Waals surface area contributed by atoms with Crippen LogP contribution in [0.15, 0.2) is 54.6 Å². The van der Waals surface area contributed by atoms with Gasteiger partial charge in [-0.3, -0.25) is 4.79 Å². The Morgan fingerprint density at radius 1 is 1.11 bits per heavy atom. The first kappa shape index (κ1) is 13.6. The SMILES string of the molecule is CC(CNc1ccc(Cl)cc1)C(=O)c1ccccc1. The van der Waals surface area contributed by atoms with Crippen molar-refractivity contribution in [3.8, 4) is 0 Å². The Labute approximate surface area is 118 Å². The molecule has 0 aliphatic carbocycles. The molecule has 1 N–H and O–H groups in total. The highest BCUT2D eigenvalue weighted by Crippen LogP contribution is 2.15. The molecule has 0 radical (unpaired) electrons. The minimum absolute atomic E-state index is 0.0712. The molecule has 1 atom stereocenters. The summed E-state index contributed by atoms with van der Waals surface area (Å²) in [6.07, 6.45) is 0. The minimum Gasteiger partial charge on any atom is -0.384 e. The third-order valence-electron chi connectivity index (χ3n) is 2.96. The molecule has 2 rings (SSSR count). The van der Waals surface area contributed by atoms with Gasteiger partial charge in [-0.05, 0) is 24.3 Å². The Morgan fingerprint density at radius 2 is 1.74 bits per heavy atom. The van der Waals surface area contributed by atoms with Crippen LogP contribution >= 0.6 is 11.6 Å². The number of benzene rings is 2. The Balaban J connectivity index is 1.92. The van der Waals surface area contributed by atoms with Gasteiger partial charge in [-0.15, -0.1) is 0 Å². The number of nitrogens with one attached hydrogen (secondary N) is 1. The summed E-state index contributed by atoms with van der Waals surface area (Å²) in [6.45, 7) is 2.54. The molecule has 2 nitrogen and oxygen atoms in total. The molecule has 0 saturated carbocycles. The standard InChI is InChI=1S/C16H16ClNO/c1-12(16(19)13-5-3-2-4-6-13)11-18-15-9-7-14(17)8-10-15/h2-10,12,18H,11H2,1H3. The van der Waals surface area contributed by atoms with Crippen molar-refractivity contribution in [3.05, 3.63) is 65.2 Å². The molecule has 0 bridgehead atoms. The summed E-state index contributed by atoms with van der Waals surface area (Å²) < 4.78 is 0. The summed E-state index contributed by atoms with van der Waals surface area (Å²) in [4.78, 5) is 12.2. The zero-order valence-corrected chi connectivity index (χ0v) is 11.5. The van der Waals surface area contributed by atoms with Crippen molar-refractivity contribution < 1.29 is 4.79 Å². The van der Waals surface area contributed by atoms with Crippen LogP contribution in [0.5, 0.6) is 0 Å². The number of halogens is 1. The van der Waals surface area contributed by atoms with E-state index in [1.807, 2.05) is 61.5 Å². The van der Waals surface area contributed by atoms with Gasteiger partial charge in [0.05, 0.1) is 0 Å². The molecule has 2 aromatic carbocycles. The maximum atomic E-state index is 12.2. The topological polar surface area (TPSA) is 29.1 Å². The number of anilines is 1. The van der Waals surface area contributed by atoms with Crippen LogP contribution in [0.2, 0.25) is 5.02 Å². The lowest BCUT2D eigenvalue weighted by molar-refractivity contribution is 0.0936. The molecule has 0 aliphatic rings. The van der Waals surface area contributed by atoms with E-state index in [0.29, 0.717) is 11.6 Å². The van der Waals surface area contributed by atoms with Crippen molar-refractivity contribution in [2.75, 3.05) is 11.9 Å². The van der Waals surface area contributed by atoms with E-state index in [1.165, 1.54) is 0 Å². The number of Topliss-reactive ketones (excluding diaryl/α,β-unsaturated/α-hetero) is 1. The second-order valence-corrected chi connectivity index (χ2v) is 4.96. The van der Waals surface area contributed by atoms with Crippen molar-refractivity contribution in [2.45, 2.75) is 6.92 Å². The molecule has 1 unspecified atom stereocenters. The van der Waals surface area contributed by atoms with Crippen molar-refractivity contribution in [2.24, 2.45) is 5.92 Å². The lowest BCUT2D eigenvalue weighted by atomic mass is 9.99. The summed E-state index contributed by atoms with van der Waals surface area (Å²) in [5.41, 5.74) is 1.73. The molecule has 0 amide bonds. The van der Waals surface area contributed by atoms with Crippen LogP contribution < -0.4 is 5.32 Å². The molecule has 3 heteroatoms. The lowest BCUT2D eigenvalue weighted by Gasteiger charge is -2.12. The van der Waals surface area contributed by atoms with Gasteiger partial charge in [0, 0.05) is 28.7 Å². The third kappa shape index (κ3) is 3.83. The molecule has 0 saturated heterocycles. The first-order valence-electron chi connectivity index (χ1n) is 6.25. The lowest BCUT2D eigenvalue weighted by Crippen LogP contribution is -2.20. The Hall–Kier alpha value is -1.80.